The van der Waals surface area contributed by atoms with Crippen molar-refractivity contribution >= 4 is 5.91 Å². The Morgan fingerprint density at radius 2 is 2.04 bits per heavy atom. The topological polar surface area (TPSA) is 72.4 Å². The maximum absolute atomic E-state index is 12.8. The molecule has 1 saturated heterocycles. The standard InChI is InChI=1S/C18H21N3O2/c1-11-16(23-17(20-11)12-5-3-2-4-6-12)18(22)21-9-13-7-8-15(19)14(13)10-21/h2-6,13-15H,7-10,19H2,1H3. The first-order chi connectivity index (χ1) is 11.1. The molecule has 1 aliphatic heterocycles. The van der Waals surface area contributed by atoms with E-state index in [1.807, 2.05) is 42.2 Å². The Balaban J connectivity index is 1.57. The fraction of sp³-hybridized carbons (Fsp3) is 0.444. The molecule has 1 aromatic heterocycles. The van der Waals surface area contributed by atoms with Crippen molar-refractivity contribution in [2.75, 3.05) is 13.1 Å². The van der Waals surface area contributed by atoms with Crippen molar-refractivity contribution in [2.24, 2.45) is 17.6 Å². The van der Waals surface area contributed by atoms with Gasteiger partial charge in [-0.1, -0.05) is 18.2 Å². The van der Waals surface area contributed by atoms with E-state index in [9.17, 15) is 4.79 Å². The number of carbonyl (C=O) groups excluding carboxylic acids is 1. The van der Waals surface area contributed by atoms with Crippen molar-refractivity contribution in [3.8, 4) is 11.5 Å². The summed E-state index contributed by atoms with van der Waals surface area (Å²) in [4.78, 5) is 19.1. The van der Waals surface area contributed by atoms with Crippen LogP contribution in [-0.4, -0.2) is 34.9 Å². The second-order valence-electron chi connectivity index (χ2n) is 6.67. The highest BCUT2D eigenvalue weighted by Crippen LogP contribution is 2.38. The Morgan fingerprint density at radius 3 is 2.78 bits per heavy atom. The van der Waals surface area contributed by atoms with Crippen LogP contribution in [0.2, 0.25) is 0 Å². The number of fused-ring (bicyclic) bond motifs is 1. The lowest BCUT2D eigenvalue weighted by Gasteiger charge is -2.17. The lowest BCUT2D eigenvalue weighted by molar-refractivity contribution is 0.0748. The van der Waals surface area contributed by atoms with E-state index in [0.29, 0.717) is 29.2 Å². The predicted octanol–water partition coefficient (Wildman–Crippen LogP) is 2.46. The average molecular weight is 311 g/mol. The monoisotopic (exact) mass is 311 g/mol. The zero-order valence-electron chi connectivity index (χ0n) is 13.2. The van der Waals surface area contributed by atoms with Gasteiger partial charge in [-0.2, -0.15) is 0 Å². The van der Waals surface area contributed by atoms with Crippen molar-refractivity contribution < 1.29 is 9.21 Å². The number of carbonyl (C=O) groups is 1. The maximum Gasteiger partial charge on any atom is 0.291 e. The number of amides is 1. The van der Waals surface area contributed by atoms with Crippen LogP contribution in [0.4, 0.5) is 0 Å². The van der Waals surface area contributed by atoms with Crippen LogP contribution < -0.4 is 5.73 Å². The van der Waals surface area contributed by atoms with E-state index in [4.69, 9.17) is 10.2 Å². The van der Waals surface area contributed by atoms with Crippen molar-refractivity contribution in [3.05, 3.63) is 41.8 Å². The molecule has 0 spiro atoms. The van der Waals surface area contributed by atoms with Crippen LogP contribution in [-0.2, 0) is 0 Å². The lowest BCUT2D eigenvalue weighted by Crippen LogP contribution is -2.33. The molecule has 3 unspecified atom stereocenters. The second kappa shape index (κ2) is 5.49. The molecule has 1 aliphatic carbocycles. The lowest BCUT2D eigenvalue weighted by atomic mass is 9.98. The first-order valence-corrected chi connectivity index (χ1v) is 8.21. The Hall–Kier alpha value is -2.14. The molecular formula is C18H21N3O2. The highest BCUT2D eigenvalue weighted by Gasteiger charge is 2.43. The summed E-state index contributed by atoms with van der Waals surface area (Å²) in [6.45, 7) is 3.36. The molecule has 2 fully saturated rings. The predicted molar refractivity (Wildman–Crippen MR) is 86.8 cm³/mol. The number of benzene rings is 1. The fourth-order valence-electron chi connectivity index (χ4n) is 3.92. The van der Waals surface area contributed by atoms with E-state index in [0.717, 1.165) is 31.5 Å². The third kappa shape index (κ3) is 2.45. The van der Waals surface area contributed by atoms with Gasteiger partial charge in [0.1, 0.15) is 0 Å². The van der Waals surface area contributed by atoms with E-state index in [-0.39, 0.29) is 11.9 Å². The fourth-order valence-corrected chi connectivity index (χ4v) is 3.92. The molecule has 2 N–H and O–H groups in total. The molecular weight excluding hydrogens is 290 g/mol. The van der Waals surface area contributed by atoms with Crippen molar-refractivity contribution in [2.45, 2.75) is 25.8 Å². The van der Waals surface area contributed by atoms with Gasteiger partial charge in [-0.25, -0.2) is 4.98 Å². The van der Waals surface area contributed by atoms with E-state index in [1.54, 1.807) is 0 Å². The Morgan fingerprint density at radius 1 is 1.26 bits per heavy atom. The number of aryl methyl sites for hydroxylation is 1. The molecule has 120 valence electrons. The summed E-state index contributed by atoms with van der Waals surface area (Å²) in [7, 11) is 0. The number of likely N-dealkylation sites (tertiary alicyclic amines) is 1. The number of hydrogen-bond acceptors (Lipinski definition) is 4. The molecule has 1 saturated carbocycles. The van der Waals surface area contributed by atoms with Crippen LogP contribution >= 0.6 is 0 Å². The van der Waals surface area contributed by atoms with E-state index in [1.165, 1.54) is 0 Å². The first-order valence-electron chi connectivity index (χ1n) is 8.21. The SMILES string of the molecule is Cc1nc(-c2ccccc2)oc1C(=O)N1CC2CCC(N)C2C1. The molecule has 2 aliphatic rings. The number of nitrogens with zero attached hydrogens (tertiary/aromatic N) is 2. The number of aromatic nitrogens is 1. The molecule has 0 radical (unpaired) electrons. The zero-order valence-corrected chi connectivity index (χ0v) is 13.2. The van der Waals surface area contributed by atoms with E-state index >= 15 is 0 Å². The smallest absolute Gasteiger partial charge is 0.291 e. The van der Waals surface area contributed by atoms with Gasteiger partial charge < -0.3 is 15.1 Å². The highest BCUT2D eigenvalue weighted by molar-refractivity contribution is 5.93. The van der Waals surface area contributed by atoms with Crippen LogP contribution in [0.25, 0.3) is 11.5 Å². The number of hydrogen-bond donors (Lipinski definition) is 1. The number of oxazole rings is 1. The molecule has 3 atom stereocenters. The molecule has 5 nitrogen and oxygen atoms in total. The summed E-state index contributed by atoms with van der Waals surface area (Å²) in [6, 6.07) is 9.89. The van der Waals surface area contributed by atoms with Crippen molar-refractivity contribution in [1.29, 1.82) is 0 Å². The normalized spacial score (nSPS) is 26.5. The summed E-state index contributed by atoms with van der Waals surface area (Å²) in [5.74, 6) is 1.79. The molecule has 4 rings (SSSR count). The molecule has 1 aromatic carbocycles. The third-order valence-corrected chi connectivity index (χ3v) is 5.21. The van der Waals surface area contributed by atoms with Crippen LogP contribution in [0.1, 0.15) is 29.1 Å². The van der Waals surface area contributed by atoms with Crippen LogP contribution in [0.3, 0.4) is 0 Å². The number of nitrogens with two attached hydrogens (primary N) is 1. The Bertz CT molecular complexity index is 725. The van der Waals surface area contributed by atoms with Crippen LogP contribution in [0.5, 0.6) is 0 Å². The Labute approximate surface area is 135 Å². The summed E-state index contributed by atoms with van der Waals surface area (Å²) in [5, 5.41) is 0. The summed E-state index contributed by atoms with van der Waals surface area (Å²) >= 11 is 0. The largest absolute Gasteiger partial charge is 0.431 e. The number of rotatable bonds is 2. The minimum atomic E-state index is -0.0567. The molecule has 1 amide bonds. The molecule has 0 bridgehead atoms. The van der Waals surface area contributed by atoms with Gasteiger partial charge in [-0.3, -0.25) is 4.79 Å². The summed E-state index contributed by atoms with van der Waals surface area (Å²) in [5.41, 5.74) is 7.69. The third-order valence-electron chi connectivity index (χ3n) is 5.21. The maximum atomic E-state index is 12.8. The molecule has 2 heterocycles. The minimum absolute atomic E-state index is 0.0567. The summed E-state index contributed by atoms with van der Waals surface area (Å²) in [6.07, 6.45) is 2.21. The Kier molecular flexibility index (Phi) is 3.45. The van der Waals surface area contributed by atoms with Crippen LogP contribution in [0.15, 0.2) is 34.7 Å². The quantitative estimate of drug-likeness (QED) is 0.924. The van der Waals surface area contributed by atoms with Gasteiger partial charge in [0.25, 0.3) is 5.91 Å². The highest BCUT2D eigenvalue weighted by atomic mass is 16.4. The van der Waals surface area contributed by atoms with Gasteiger partial charge in [0, 0.05) is 24.7 Å². The van der Waals surface area contributed by atoms with E-state index in [2.05, 4.69) is 4.98 Å². The second-order valence-corrected chi connectivity index (χ2v) is 6.67. The minimum Gasteiger partial charge on any atom is -0.431 e. The molecule has 23 heavy (non-hydrogen) atoms. The van der Waals surface area contributed by atoms with Crippen molar-refractivity contribution in [1.82, 2.24) is 9.88 Å². The van der Waals surface area contributed by atoms with Crippen LogP contribution in [0, 0.1) is 18.8 Å². The van der Waals surface area contributed by atoms with Gasteiger partial charge in [-0.05, 0) is 43.7 Å². The zero-order chi connectivity index (χ0) is 16.0. The summed E-state index contributed by atoms with van der Waals surface area (Å²) < 4.78 is 5.79. The van der Waals surface area contributed by atoms with E-state index < -0.39 is 0 Å². The van der Waals surface area contributed by atoms with Gasteiger partial charge in [0.15, 0.2) is 0 Å². The van der Waals surface area contributed by atoms with Gasteiger partial charge in [0.05, 0.1) is 5.69 Å². The first kappa shape index (κ1) is 14.5. The molecule has 5 heteroatoms. The van der Waals surface area contributed by atoms with Gasteiger partial charge in [-0.15, -0.1) is 0 Å². The molecule has 2 aromatic rings. The average Bonchev–Trinajstić information content (AvgIpc) is 3.24. The van der Waals surface area contributed by atoms with Crippen molar-refractivity contribution in [3.63, 3.8) is 0 Å². The van der Waals surface area contributed by atoms with Gasteiger partial charge >= 0.3 is 0 Å². The van der Waals surface area contributed by atoms with Gasteiger partial charge in [0.2, 0.25) is 11.7 Å².